The van der Waals surface area contributed by atoms with Gasteiger partial charge in [0.25, 0.3) is 5.56 Å². The third kappa shape index (κ3) is 3.70. The lowest BCUT2D eigenvalue weighted by atomic mass is 10.0. The minimum Gasteiger partial charge on any atom is -0.495 e. The average Bonchev–Trinajstić information content (AvgIpc) is 2.72. The molecule has 0 aliphatic rings. The summed E-state index contributed by atoms with van der Waals surface area (Å²) in [4.78, 5) is 30.1. The molecular weight excluding hydrogens is 411 g/mol. The molecule has 0 fully saturated rings. The fraction of sp³-hybridized carbons (Fsp3) is 0.136. The van der Waals surface area contributed by atoms with E-state index in [1.807, 2.05) is 36.2 Å². The van der Waals surface area contributed by atoms with Crippen LogP contribution in [-0.2, 0) is 6.18 Å². The summed E-state index contributed by atoms with van der Waals surface area (Å²) in [5.41, 5.74) is -0.212. The lowest BCUT2D eigenvalue weighted by Gasteiger charge is -2.18. The lowest BCUT2D eigenvalue weighted by Crippen LogP contribution is -2.28. The van der Waals surface area contributed by atoms with E-state index in [1.165, 1.54) is 6.20 Å². The number of hydrogen-bond donors (Lipinski definition) is 1. The van der Waals surface area contributed by atoms with Crippen molar-refractivity contribution in [2.45, 2.75) is 13.1 Å². The number of aromatic nitrogens is 3. The van der Waals surface area contributed by atoms with Crippen LogP contribution in [0.15, 0.2) is 64.4 Å². The van der Waals surface area contributed by atoms with E-state index in [-0.39, 0.29) is 16.6 Å². The van der Waals surface area contributed by atoms with E-state index in [9.17, 15) is 22.8 Å². The molecule has 0 amide bonds. The number of ether oxygens (including phenoxy) is 1. The number of nitrogens with one attached hydrogen (secondary N) is 1. The Hall–Kier alpha value is -3.88. The smallest absolute Gasteiger partial charge is 0.420 e. The molecule has 0 spiro atoms. The number of H-pyrrole nitrogens is 1. The van der Waals surface area contributed by atoms with Gasteiger partial charge < -0.3 is 4.74 Å². The lowest BCUT2D eigenvalue weighted by molar-refractivity contribution is -0.138. The van der Waals surface area contributed by atoms with E-state index in [0.29, 0.717) is 5.56 Å². The fourth-order valence-electron chi connectivity index (χ4n) is 3.38. The van der Waals surface area contributed by atoms with Gasteiger partial charge in [-0.1, -0.05) is 29.8 Å². The fourth-order valence-corrected chi connectivity index (χ4v) is 3.38. The Morgan fingerprint density at radius 1 is 1.03 bits per heavy atom. The molecule has 0 aliphatic heterocycles. The van der Waals surface area contributed by atoms with Crippen LogP contribution in [0.4, 0.5) is 13.2 Å². The predicted octanol–water partition coefficient (Wildman–Crippen LogP) is 4.08. The van der Waals surface area contributed by atoms with Crippen LogP contribution in [0.2, 0.25) is 0 Å². The molecule has 1 N–H and O–H groups in total. The third-order valence-corrected chi connectivity index (χ3v) is 4.88. The summed E-state index contributed by atoms with van der Waals surface area (Å²) in [7, 11) is 1.15. The number of hydrogen-bond acceptors (Lipinski definition) is 4. The van der Waals surface area contributed by atoms with E-state index in [0.717, 1.165) is 41.1 Å². The standard InChI is InChI=1S/C22H16F3N3O3/c1-12-3-5-13(6-4-12)14-9-15-19(26-11-14)17(28-8-7-18(29)27-21(28)30)10-16(20(15)31-2)22(23,24)25/h3-11H,1-2H3,(H,27,29,30). The predicted molar refractivity (Wildman–Crippen MR) is 110 cm³/mol. The molecule has 4 rings (SSSR count). The van der Waals surface area contributed by atoms with Gasteiger partial charge >= 0.3 is 11.9 Å². The molecule has 4 aromatic rings. The van der Waals surface area contributed by atoms with Crippen LogP contribution in [0.25, 0.3) is 27.7 Å². The monoisotopic (exact) mass is 427 g/mol. The minimum absolute atomic E-state index is 0.0866. The van der Waals surface area contributed by atoms with Crippen molar-refractivity contribution in [1.29, 1.82) is 0 Å². The maximum atomic E-state index is 13.8. The molecule has 0 atom stereocenters. The topological polar surface area (TPSA) is 77.0 Å². The van der Waals surface area contributed by atoms with Gasteiger partial charge in [0.1, 0.15) is 11.3 Å². The molecule has 2 aromatic carbocycles. The van der Waals surface area contributed by atoms with Crippen LogP contribution in [0.3, 0.4) is 0 Å². The zero-order chi connectivity index (χ0) is 22.3. The maximum absolute atomic E-state index is 13.8. The highest BCUT2D eigenvalue weighted by Crippen LogP contribution is 2.43. The van der Waals surface area contributed by atoms with Crippen LogP contribution in [0.5, 0.6) is 5.75 Å². The zero-order valence-electron chi connectivity index (χ0n) is 16.4. The normalized spacial score (nSPS) is 11.6. The van der Waals surface area contributed by atoms with Gasteiger partial charge in [-0.15, -0.1) is 0 Å². The van der Waals surface area contributed by atoms with Crippen molar-refractivity contribution in [1.82, 2.24) is 14.5 Å². The number of pyridine rings is 1. The van der Waals surface area contributed by atoms with Gasteiger partial charge in [-0.05, 0) is 24.6 Å². The summed E-state index contributed by atoms with van der Waals surface area (Å²) >= 11 is 0. The van der Waals surface area contributed by atoms with E-state index in [2.05, 4.69) is 4.98 Å². The molecule has 0 saturated carbocycles. The average molecular weight is 427 g/mol. The largest absolute Gasteiger partial charge is 0.495 e. The maximum Gasteiger partial charge on any atom is 0.420 e. The molecule has 9 heteroatoms. The summed E-state index contributed by atoms with van der Waals surface area (Å²) in [6.07, 6.45) is -2.13. The highest BCUT2D eigenvalue weighted by atomic mass is 19.4. The number of alkyl halides is 3. The van der Waals surface area contributed by atoms with Crippen LogP contribution >= 0.6 is 0 Å². The Kier molecular flexibility index (Phi) is 4.88. The summed E-state index contributed by atoms with van der Waals surface area (Å²) in [5.74, 6) is -0.398. The van der Waals surface area contributed by atoms with E-state index in [4.69, 9.17) is 4.74 Å². The number of methoxy groups -OCH3 is 1. The van der Waals surface area contributed by atoms with Crippen molar-refractivity contribution in [3.63, 3.8) is 0 Å². The molecule has 0 bridgehead atoms. The summed E-state index contributed by atoms with van der Waals surface area (Å²) in [6, 6.07) is 10.8. The first-order valence-corrected chi connectivity index (χ1v) is 9.16. The van der Waals surface area contributed by atoms with Crippen molar-refractivity contribution in [2.75, 3.05) is 7.11 Å². The Morgan fingerprint density at radius 3 is 2.35 bits per heavy atom. The second-order valence-electron chi connectivity index (χ2n) is 6.94. The van der Waals surface area contributed by atoms with Gasteiger partial charge in [-0.25, -0.2) is 4.79 Å². The third-order valence-electron chi connectivity index (χ3n) is 4.88. The molecule has 2 aromatic heterocycles. The van der Waals surface area contributed by atoms with Crippen LogP contribution in [0, 0.1) is 6.92 Å². The number of fused-ring (bicyclic) bond motifs is 1. The van der Waals surface area contributed by atoms with Gasteiger partial charge in [0.05, 0.1) is 18.3 Å². The molecule has 158 valence electrons. The van der Waals surface area contributed by atoms with Gasteiger partial charge in [-0.3, -0.25) is 19.3 Å². The Morgan fingerprint density at radius 2 is 1.74 bits per heavy atom. The van der Waals surface area contributed by atoms with E-state index >= 15 is 0 Å². The minimum atomic E-state index is -4.75. The Balaban J connectivity index is 2.10. The first kappa shape index (κ1) is 20.4. The van der Waals surface area contributed by atoms with Gasteiger partial charge in [0, 0.05) is 29.4 Å². The Labute approximate surface area is 173 Å². The summed E-state index contributed by atoms with van der Waals surface area (Å²) in [5, 5.41) is 0.0866. The Bertz CT molecular complexity index is 1400. The molecule has 6 nitrogen and oxygen atoms in total. The number of rotatable bonds is 3. The van der Waals surface area contributed by atoms with Crippen LogP contribution in [0.1, 0.15) is 11.1 Å². The second-order valence-corrected chi connectivity index (χ2v) is 6.94. The highest BCUT2D eigenvalue weighted by Gasteiger charge is 2.36. The SMILES string of the molecule is COc1c(C(F)(F)F)cc(-n2ccc(=O)[nH]c2=O)c2ncc(-c3ccc(C)cc3)cc12. The van der Waals surface area contributed by atoms with Crippen molar-refractivity contribution in [3.05, 3.63) is 86.8 Å². The molecule has 31 heavy (non-hydrogen) atoms. The molecule has 0 saturated heterocycles. The molecule has 2 heterocycles. The van der Waals surface area contributed by atoms with Gasteiger partial charge in [0.2, 0.25) is 0 Å². The first-order valence-electron chi connectivity index (χ1n) is 9.16. The number of halogens is 3. The summed E-state index contributed by atoms with van der Waals surface area (Å²) in [6.45, 7) is 1.93. The van der Waals surface area contributed by atoms with E-state index in [1.54, 1.807) is 6.07 Å². The number of aromatic amines is 1. The summed E-state index contributed by atoms with van der Waals surface area (Å²) < 4.78 is 47.6. The molecule has 0 radical (unpaired) electrons. The van der Waals surface area contributed by atoms with Crippen LogP contribution in [-0.4, -0.2) is 21.6 Å². The molecular formula is C22H16F3N3O3. The van der Waals surface area contributed by atoms with Gasteiger partial charge in [-0.2, -0.15) is 13.2 Å². The first-order chi connectivity index (χ1) is 14.7. The quantitative estimate of drug-likeness (QED) is 0.535. The number of aryl methyl sites for hydroxylation is 1. The number of benzene rings is 2. The van der Waals surface area contributed by atoms with Crippen molar-refractivity contribution in [2.24, 2.45) is 0 Å². The van der Waals surface area contributed by atoms with Crippen molar-refractivity contribution < 1.29 is 17.9 Å². The molecule has 0 aliphatic carbocycles. The molecule has 0 unspecified atom stereocenters. The van der Waals surface area contributed by atoms with Gasteiger partial charge in [0.15, 0.2) is 0 Å². The highest BCUT2D eigenvalue weighted by molar-refractivity contribution is 5.95. The zero-order valence-corrected chi connectivity index (χ0v) is 16.4. The van der Waals surface area contributed by atoms with Crippen LogP contribution < -0.4 is 16.0 Å². The van der Waals surface area contributed by atoms with Crippen molar-refractivity contribution in [3.8, 4) is 22.6 Å². The van der Waals surface area contributed by atoms with Crippen molar-refractivity contribution >= 4 is 10.9 Å². The number of nitrogens with zero attached hydrogens (tertiary/aromatic N) is 2. The second kappa shape index (κ2) is 7.42. The van der Waals surface area contributed by atoms with E-state index < -0.39 is 28.7 Å².